The number of fused-ring (bicyclic) bond motifs is 2. The Morgan fingerprint density at radius 1 is 1.14 bits per heavy atom. The van der Waals surface area contributed by atoms with Crippen molar-refractivity contribution in [3.8, 4) is 0 Å². The van der Waals surface area contributed by atoms with Crippen LogP contribution in [0.2, 0.25) is 0 Å². The lowest BCUT2D eigenvalue weighted by molar-refractivity contribution is 0.103. The molecule has 2 aromatic carbocycles. The maximum Gasteiger partial charge on any atom is 0.265 e. The number of carbonyl (C=O) groups is 1. The van der Waals surface area contributed by atoms with E-state index in [0.717, 1.165) is 33.6 Å². The highest BCUT2D eigenvalue weighted by molar-refractivity contribution is 7.20. The second-order valence-electron chi connectivity index (χ2n) is 5.15. The Kier molecular flexibility index (Phi) is 2.89. The molecule has 4 rings (SSSR count). The second-order valence-corrected chi connectivity index (χ2v) is 6.24. The number of amides is 1. The van der Waals surface area contributed by atoms with Gasteiger partial charge in [0.05, 0.1) is 4.88 Å². The van der Waals surface area contributed by atoms with Crippen LogP contribution < -0.4 is 10.6 Å². The Bertz CT molecular complexity index is 805. The van der Waals surface area contributed by atoms with E-state index < -0.39 is 0 Å². The zero-order chi connectivity index (χ0) is 14.2. The van der Waals surface area contributed by atoms with Crippen molar-refractivity contribution in [3.63, 3.8) is 0 Å². The largest absolute Gasteiger partial charge is 0.384 e. The topological polar surface area (TPSA) is 41.1 Å². The van der Waals surface area contributed by atoms with Crippen LogP contribution in [-0.2, 0) is 6.42 Å². The molecule has 0 aliphatic carbocycles. The van der Waals surface area contributed by atoms with Gasteiger partial charge in [0.1, 0.15) is 0 Å². The van der Waals surface area contributed by atoms with E-state index in [-0.39, 0.29) is 5.91 Å². The molecule has 0 saturated heterocycles. The molecule has 3 aromatic rings. The molecule has 2 heterocycles. The van der Waals surface area contributed by atoms with Gasteiger partial charge in [-0.3, -0.25) is 4.79 Å². The zero-order valence-corrected chi connectivity index (χ0v) is 12.2. The highest BCUT2D eigenvalue weighted by atomic mass is 32.1. The van der Waals surface area contributed by atoms with Crippen molar-refractivity contribution in [1.29, 1.82) is 0 Å². The van der Waals surface area contributed by atoms with Crippen molar-refractivity contribution >= 4 is 38.7 Å². The lowest BCUT2D eigenvalue weighted by Crippen LogP contribution is -2.10. The lowest BCUT2D eigenvalue weighted by Gasteiger charge is -2.06. The number of benzene rings is 2. The van der Waals surface area contributed by atoms with Crippen LogP contribution in [0.1, 0.15) is 15.2 Å². The van der Waals surface area contributed by atoms with Crippen LogP contribution in [-0.4, -0.2) is 12.5 Å². The molecular weight excluding hydrogens is 280 g/mol. The molecule has 0 radical (unpaired) electrons. The van der Waals surface area contributed by atoms with Crippen LogP contribution in [0.15, 0.2) is 48.5 Å². The summed E-state index contributed by atoms with van der Waals surface area (Å²) >= 11 is 1.53. The highest BCUT2D eigenvalue weighted by Crippen LogP contribution is 2.28. The number of thiophene rings is 1. The first-order valence-corrected chi connectivity index (χ1v) is 7.78. The van der Waals surface area contributed by atoms with Crippen LogP contribution in [0.5, 0.6) is 0 Å². The van der Waals surface area contributed by atoms with Crippen LogP contribution in [0.3, 0.4) is 0 Å². The molecule has 1 aromatic heterocycles. The van der Waals surface area contributed by atoms with E-state index >= 15 is 0 Å². The number of carbonyl (C=O) groups excluding carboxylic acids is 1. The van der Waals surface area contributed by atoms with Crippen molar-refractivity contribution in [2.75, 3.05) is 17.2 Å². The van der Waals surface area contributed by atoms with Crippen molar-refractivity contribution in [3.05, 3.63) is 59.0 Å². The van der Waals surface area contributed by atoms with Gasteiger partial charge in [-0.1, -0.05) is 18.2 Å². The second kappa shape index (κ2) is 4.90. The van der Waals surface area contributed by atoms with Gasteiger partial charge in [-0.15, -0.1) is 11.3 Å². The number of rotatable bonds is 2. The summed E-state index contributed by atoms with van der Waals surface area (Å²) in [7, 11) is 0. The maximum atomic E-state index is 12.4. The third-order valence-electron chi connectivity index (χ3n) is 3.72. The number of nitrogens with one attached hydrogen (secondary N) is 2. The third-order valence-corrected chi connectivity index (χ3v) is 4.84. The molecule has 104 valence electrons. The fraction of sp³-hybridized carbons (Fsp3) is 0.118. The average molecular weight is 294 g/mol. The van der Waals surface area contributed by atoms with Gasteiger partial charge in [0.15, 0.2) is 0 Å². The maximum absolute atomic E-state index is 12.4. The van der Waals surface area contributed by atoms with Crippen molar-refractivity contribution in [1.82, 2.24) is 0 Å². The highest BCUT2D eigenvalue weighted by Gasteiger charge is 2.13. The number of anilines is 2. The van der Waals surface area contributed by atoms with Gasteiger partial charge >= 0.3 is 0 Å². The van der Waals surface area contributed by atoms with E-state index in [1.165, 1.54) is 22.6 Å². The van der Waals surface area contributed by atoms with Gasteiger partial charge in [-0.2, -0.15) is 0 Å². The predicted octanol–water partition coefficient (Wildman–Crippen LogP) is 4.12. The third kappa shape index (κ3) is 2.28. The first-order chi connectivity index (χ1) is 10.3. The first kappa shape index (κ1) is 12.4. The smallest absolute Gasteiger partial charge is 0.265 e. The van der Waals surface area contributed by atoms with Crippen molar-refractivity contribution in [2.24, 2.45) is 0 Å². The molecule has 1 amide bonds. The SMILES string of the molecule is O=C(Nc1ccc2c(c1)CCN2)c1cc2ccccc2s1. The summed E-state index contributed by atoms with van der Waals surface area (Å²) < 4.78 is 1.14. The summed E-state index contributed by atoms with van der Waals surface area (Å²) in [5.74, 6) is -0.0397. The Balaban J connectivity index is 1.60. The summed E-state index contributed by atoms with van der Waals surface area (Å²) in [5.41, 5.74) is 3.30. The van der Waals surface area contributed by atoms with E-state index in [1.807, 2.05) is 42.5 Å². The molecule has 3 nitrogen and oxygen atoms in total. The van der Waals surface area contributed by atoms with E-state index in [4.69, 9.17) is 0 Å². The van der Waals surface area contributed by atoms with E-state index in [2.05, 4.69) is 16.7 Å². The summed E-state index contributed by atoms with van der Waals surface area (Å²) in [6.45, 7) is 0.975. The Morgan fingerprint density at radius 3 is 2.95 bits per heavy atom. The number of hydrogen-bond acceptors (Lipinski definition) is 3. The molecule has 1 aliphatic heterocycles. The molecular formula is C17H14N2OS. The van der Waals surface area contributed by atoms with E-state index in [1.54, 1.807) is 0 Å². The van der Waals surface area contributed by atoms with Gasteiger partial charge in [0.25, 0.3) is 5.91 Å². The minimum absolute atomic E-state index is 0.0397. The molecule has 0 bridgehead atoms. The molecule has 2 N–H and O–H groups in total. The van der Waals surface area contributed by atoms with Gasteiger partial charge in [-0.05, 0) is 47.7 Å². The minimum atomic E-state index is -0.0397. The minimum Gasteiger partial charge on any atom is -0.384 e. The molecule has 0 saturated carbocycles. The van der Waals surface area contributed by atoms with Crippen molar-refractivity contribution in [2.45, 2.75) is 6.42 Å². The fourth-order valence-corrected chi connectivity index (χ4v) is 3.63. The van der Waals surface area contributed by atoms with Crippen LogP contribution in [0, 0.1) is 0 Å². The summed E-state index contributed by atoms with van der Waals surface area (Å²) in [6.07, 6.45) is 1.02. The van der Waals surface area contributed by atoms with Crippen LogP contribution in [0.4, 0.5) is 11.4 Å². The lowest BCUT2D eigenvalue weighted by atomic mass is 10.1. The van der Waals surface area contributed by atoms with E-state index in [0.29, 0.717) is 0 Å². The normalized spacial score (nSPS) is 13.0. The van der Waals surface area contributed by atoms with Gasteiger partial charge < -0.3 is 10.6 Å². The number of hydrogen-bond donors (Lipinski definition) is 2. The molecule has 1 aliphatic rings. The standard InChI is InChI=1S/C17H14N2OS/c20-17(16-10-12-3-1-2-4-15(12)21-16)19-13-5-6-14-11(9-13)7-8-18-14/h1-6,9-10,18H,7-8H2,(H,19,20). The molecule has 21 heavy (non-hydrogen) atoms. The van der Waals surface area contributed by atoms with Gasteiger partial charge in [-0.25, -0.2) is 0 Å². The average Bonchev–Trinajstić information content (AvgIpc) is 3.13. The van der Waals surface area contributed by atoms with Crippen molar-refractivity contribution < 1.29 is 4.79 Å². The Morgan fingerprint density at radius 2 is 2.05 bits per heavy atom. The van der Waals surface area contributed by atoms with Crippen LogP contribution in [0.25, 0.3) is 10.1 Å². The Labute approximate surface area is 126 Å². The van der Waals surface area contributed by atoms with Crippen LogP contribution >= 0.6 is 11.3 Å². The fourth-order valence-electron chi connectivity index (χ4n) is 2.67. The first-order valence-electron chi connectivity index (χ1n) is 6.96. The monoisotopic (exact) mass is 294 g/mol. The molecule has 0 unspecified atom stereocenters. The molecule has 0 spiro atoms. The van der Waals surface area contributed by atoms with Gasteiger partial charge in [0.2, 0.25) is 0 Å². The van der Waals surface area contributed by atoms with Gasteiger partial charge in [0, 0.05) is 22.6 Å². The Hall–Kier alpha value is -2.33. The predicted molar refractivity (Wildman–Crippen MR) is 88.4 cm³/mol. The molecule has 0 fully saturated rings. The molecule has 0 atom stereocenters. The summed E-state index contributed by atoms with van der Waals surface area (Å²) in [4.78, 5) is 13.1. The molecule has 4 heteroatoms. The quantitative estimate of drug-likeness (QED) is 0.746. The zero-order valence-electron chi connectivity index (χ0n) is 11.3. The summed E-state index contributed by atoms with van der Waals surface area (Å²) in [6, 6.07) is 16.0. The van der Waals surface area contributed by atoms with E-state index in [9.17, 15) is 4.79 Å². The summed E-state index contributed by atoms with van der Waals surface area (Å²) in [5, 5.41) is 7.43.